The molecule has 0 spiro atoms. The van der Waals surface area contributed by atoms with Crippen LogP contribution < -0.4 is 0 Å². The van der Waals surface area contributed by atoms with Crippen molar-refractivity contribution in [2.75, 3.05) is 26.4 Å². The number of ether oxygens (including phenoxy) is 4. The van der Waals surface area contributed by atoms with Gasteiger partial charge in [-0.2, -0.15) is 0 Å². The van der Waals surface area contributed by atoms with E-state index in [-0.39, 0.29) is 19.2 Å². The van der Waals surface area contributed by atoms with Crippen LogP contribution in [0.15, 0.2) is 48.6 Å². The minimum Gasteiger partial charge on any atom is -0.457 e. The monoisotopic (exact) mass is 821 g/mol. The van der Waals surface area contributed by atoms with Crippen molar-refractivity contribution in [2.24, 2.45) is 0 Å². The van der Waals surface area contributed by atoms with Crippen LogP contribution in [0.25, 0.3) is 0 Å². The van der Waals surface area contributed by atoms with Gasteiger partial charge in [0.05, 0.1) is 19.8 Å². The number of carbonyl (C=O) groups is 1. The zero-order chi connectivity index (χ0) is 42.2. The highest BCUT2D eigenvalue weighted by atomic mass is 16.7. The molecule has 1 heterocycles. The van der Waals surface area contributed by atoms with Gasteiger partial charge < -0.3 is 39.4 Å². The lowest BCUT2D eigenvalue weighted by molar-refractivity contribution is -0.305. The Morgan fingerprint density at radius 3 is 1.60 bits per heavy atom. The Bertz CT molecular complexity index is 1030. The van der Waals surface area contributed by atoms with E-state index in [1.165, 1.54) is 109 Å². The molecule has 1 aliphatic rings. The molecule has 0 aromatic rings. The summed E-state index contributed by atoms with van der Waals surface area (Å²) in [6.45, 7) is 4.43. The average molecular weight is 821 g/mol. The first-order valence-electron chi connectivity index (χ1n) is 23.7. The fourth-order valence-electron chi connectivity index (χ4n) is 7.03. The van der Waals surface area contributed by atoms with Crippen LogP contribution >= 0.6 is 0 Å². The van der Waals surface area contributed by atoms with E-state index in [9.17, 15) is 25.2 Å². The van der Waals surface area contributed by atoms with Crippen LogP contribution in [0.3, 0.4) is 0 Å². The van der Waals surface area contributed by atoms with Crippen LogP contribution in [0.4, 0.5) is 0 Å². The predicted molar refractivity (Wildman–Crippen MR) is 238 cm³/mol. The predicted octanol–water partition coefficient (Wildman–Crippen LogP) is 10.9. The van der Waals surface area contributed by atoms with Gasteiger partial charge >= 0.3 is 5.97 Å². The van der Waals surface area contributed by atoms with E-state index in [4.69, 9.17) is 18.9 Å². The summed E-state index contributed by atoms with van der Waals surface area (Å²) in [7, 11) is 0. The molecule has 58 heavy (non-hydrogen) atoms. The van der Waals surface area contributed by atoms with E-state index in [1.807, 2.05) is 0 Å². The van der Waals surface area contributed by atoms with Gasteiger partial charge in [0.15, 0.2) is 6.29 Å². The van der Waals surface area contributed by atoms with Crippen LogP contribution in [0, 0.1) is 0 Å². The van der Waals surface area contributed by atoms with Crippen molar-refractivity contribution in [3.05, 3.63) is 48.6 Å². The quantitative estimate of drug-likeness (QED) is 0.0271. The molecule has 1 rings (SSSR count). The first-order valence-corrected chi connectivity index (χ1v) is 23.7. The Morgan fingerprint density at radius 1 is 0.569 bits per heavy atom. The molecular formula is C49H88O9. The van der Waals surface area contributed by atoms with Crippen LogP contribution in [0.2, 0.25) is 0 Å². The lowest BCUT2D eigenvalue weighted by Crippen LogP contribution is -2.59. The van der Waals surface area contributed by atoms with E-state index >= 15 is 0 Å². The summed E-state index contributed by atoms with van der Waals surface area (Å²) in [5.41, 5.74) is 0. The second kappa shape index (κ2) is 40.6. The van der Waals surface area contributed by atoms with Crippen molar-refractivity contribution < 1.29 is 44.2 Å². The molecule has 6 unspecified atom stereocenters. The first-order chi connectivity index (χ1) is 28.4. The summed E-state index contributed by atoms with van der Waals surface area (Å²) in [5, 5.41) is 40.2. The normalized spacial score (nSPS) is 20.7. The summed E-state index contributed by atoms with van der Waals surface area (Å²) in [6.07, 6.45) is 42.8. The zero-order valence-electron chi connectivity index (χ0n) is 37.0. The highest BCUT2D eigenvalue weighted by Gasteiger charge is 2.44. The van der Waals surface area contributed by atoms with Gasteiger partial charge in [-0.05, 0) is 70.6 Å². The molecule has 0 saturated carbocycles. The maximum Gasteiger partial charge on any atom is 0.306 e. The number of aliphatic hydroxyl groups is 4. The number of carbonyl (C=O) groups excluding carboxylic acids is 1. The molecule has 0 aromatic heterocycles. The van der Waals surface area contributed by atoms with Crippen molar-refractivity contribution >= 4 is 5.97 Å². The summed E-state index contributed by atoms with van der Waals surface area (Å²) >= 11 is 0. The average Bonchev–Trinajstić information content (AvgIpc) is 3.22. The molecular weight excluding hydrogens is 733 g/mol. The van der Waals surface area contributed by atoms with Gasteiger partial charge in [-0.1, -0.05) is 165 Å². The summed E-state index contributed by atoms with van der Waals surface area (Å²) in [5.74, 6) is -0.325. The van der Waals surface area contributed by atoms with E-state index in [0.29, 0.717) is 13.0 Å². The molecule has 1 saturated heterocycles. The fourth-order valence-corrected chi connectivity index (χ4v) is 7.03. The molecule has 9 heteroatoms. The molecule has 0 aliphatic carbocycles. The SMILES string of the molecule is CC/C=C\C/C=C\C/C=C\CCCCCCCCCC(=O)OC(COCCCCCCCCCC/C=C\CCCCCCCC)COC1OC(CO)C(O)C(O)C1O. The standard InChI is InChI=1S/C49H88O9/c1-3-5-7-9-11-13-15-17-19-21-23-25-27-29-31-33-35-37-39-55-41-43(42-56-49-48(54)47(53)46(52)44(40-50)58-49)57-45(51)38-36-34-32-30-28-26-24-22-20-18-16-14-12-10-8-6-4-2/h6,8,12,14,17-20,43-44,46-50,52-54H,3-5,7,9-11,13,15-16,21-42H2,1-2H3/b8-6-,14-12-,19-17-,20-18-. The van der Waals surface area contributed by atoms with Gasteiger partial charge in [0.25, 0.3) is 0 Å². The fraction of sp³-hybridized carbons (Fsp3) is 0.816. The van der Waals surface area contributed by atoms with Crippen LogP contribution in [0.1, 0.15) is 194 Å². The van der Waals surface area contributed by atoms with Gasteiger partial charge in [0.1, 0.15) is 30.5 Å². The lowest BCUT2D eigenvalue weighted by Gasteiger charge is -2.39. The number of unbranched alkanes of at least 4 members (excludes halogenated alkanes) is 21. The molecule has 0 bridgehead atoms. The van der Waals surface area contributed by atoms with Gasteiger partial charge in [0, 0.05) is 13.0 Å². The van der Waals surface area contributed by atoms with Crippen LogP contribution in [-0.4, -0.2) is 89.6 Å². The first kappa shape index (κ1) is 54.2. The number of aliphatic hydroxyl groups excluding tert-OH is 4. The molecule has 0 aromatic carbocycles. The third kappa shape index (κ3) is 31.1. The molecule has 0 radical (unpaired) electrons. The molecule has 338 valence electrons. The highest BCUT2D eigenvalue weighted by molar-refractivity contribution is 5.69. The molecule has 9 nitrogen and oxygen atoms in total. The van der Waals surface area contributed by atoms with Gasteiger partial charge in [-0.15, -0.1) is 0 Å². The molecule has 1 aliphatic heterocycles. The molecule has 1 fully saturated rings. The van der Waals surface area contributed by atoms with E-state index in [1.54, 1.807) is 0 Å². The van der Waals surface area contributed by atoms with Gasteiger partial charge in [-0.25, -0.2) is 0 Å². The minimum absolute atomic E-state index is 0.119. The number of hydrogen-bond acceptors (Lipinski definition) is 9. The summed E-state index contributed by atoms with van der Waals surface area (Å²) in [4.78, 5) is 12.8. The second-order valence-corrected chi connectivity index (χ2v) is 16.2. The number of hydrogen-bond donors (Lipinski definition) is 4. The maximum absolute atomic E-state index is 12.8. The highest BCUT2D eigenvalue weighted by Crippen LogP contribution is 2.22. The third-order valence-electron chi connectivity index (χ3n) is 10.7. The van der Waals surface area contributed by atoms with Crippen molar-refractivity contribution in [3.8, 4) is 0 Å². The topological polar surface area (TPSA) is 135 Å². The van der Waals surface area contributed by atoms with Crippen LogP contribution in [-0.2, 0) is 23.7 Å². The van der Waals surface area contributed by atoms with Gasteiger partial charge in [0.2, 0.25) is 0 Å². The molecule has 4 N–H and O–H groups in total. The minimum atomic E-state index is -1.54. The molecule has 0 amide bonds. The molecule has 6 atom stereocenters. The Kier molecular flexibility index (Phi) is 37.9. The summed E-state index contributed by atoms with van der Waals surface area (Å²) < 4.78 is 22.8. The van der Waals surface area contributed by atoms with E-state index < -0.39 is 43.4 Å². The third-order valence-corrected chi connectivity index (χ3v) is 10.7. The summed E-state index contributed by atoms with van der Waals surface area (Å²) in [6, 6.07) is 0. The van der Waals surface area contributed by atoms with Crippen molar-refractivity contribution in [1.29, 1.82) is 0 Å². The number of rotatable bonds is 40. The maximum atomic E-state index is 12.8. The Hall–Kier alpha value is -1.85. The lowest BCUT2D eigenvalue weighted by atomic mass is 9.99. The Balaban J connectivity index is 2.25. The van der Waals surface area contributed by atoms with Crippen LogP contribution in [0.5, 0.6) is 0 Å². The smallest absolute Gasteiger partial charge is 0.306 e. The second-order valence-electron chi connectivity index (χ2n) is 16.2. The number of allylic oxidation sites excluding steroid dienone is 8. The van der Waals surface area contributed by atoms with Crippen molar-refractivity contribution in [3.63, 3.8) is 0 Å². The van der Waals surface area contributed by atoms with Crippen molar-refractivity contribution in [1.82, 2.24) is 0 Å². The van der Waals surface area contributed by atoms with Crippen molar-refractivity contribution in [2.45, 2.75) is 230 Å². The largest absolute Gasteiger partial charge is 0.457 e. The zero-order valence-corrected chi connectivity index (χ0v) is 37.0. The number of esters is 1. The van der Waals surface area contributed by atoms with E-state index in [0.717, 1.165) is 64.2 Å². The Morgan fingerprint density at radius 2 is 1.05 bits per heavy atom. The van der Waals surface area contributed by atoms with Gasteiger partial charge in [-0.3, -0.25) is 4.79 Å². The van der Waals surface area contributed by atoms with E-state index in [2.05, 4.69) is 62.5 Å². The Labute approximate surface area is 354 Å².